The molecule has 0 aliphatic rings. The number of hydrogen-bond acceptors (Lipinski definition) is 6. The number of anilines is 1. The van der Waals surface area contributed by atoms with Crippen molar-refractivity contribution < 1.29 is 15.3 Å². The standard InChI is InChI=1S/C10H17N3O3/c1-12-3-2-7(14)9(16)6-4-8(15)10(11)13-5-6/h4-5,7,9,12,14-16H,2-3H2,1H3,(H2,11,13). The molecule has 2 atom stereocenters. The second-order valence-electron chi connectivity index (χ2n) is 3.58. The zero-order valence-corrected chi connectivity index (χ0v) is 9.09. The van der Waals surface area contributed by atoms with Crippen LogP contribution in [-0.4, -0.2) is 40.0 Å². The minimum atomic E-state index is -1.08. The second-order valence-corrected chi connectivity index (χ2v) is 3.58. The first-order valence-corrected chi connectivity index (χ1v) is 5.01. The molecule has 1 rings (SSSR count). The summed E-state index contributed by atoms with van der Waals surface area (Å²) in [7, 11) is 1.76. The van der Waals surface area contributed by atoms with E-state index in [2.05, 4.69) is 10.3 Å². The molecule has 0 amide bonds. The van der Waals surface area contributed by atoms with Crippen LogP contribution >= 0.6 is 0 Å². The van der Waals surface area contributed by atoms with Gasteiger partial charge in [-0.15, -0.1) is 0 Å². The fourth-order valence-corrected chi connectivity index (χ4v) is 1.31. The molecule has 0 fully saturated rings. The van der Waals surface area contributed by atoms with Gasteiger partial charge >= 0.3 is 0 Å². The highest BCUT2D eigenvalue weighted by Crippen LogP contribution is 2.24. The Balaban J connectivity index is 2.71. The smallest absolute Gasteiger partial charge is 0.165 e. The van der Waals surface area contributed by atoms with Crippen molar-refractivity contribution in [2.45, 2.75) is 18.6 Å². The topological polar surface area (TPSA) is 112 Å². The molecule has 6 N–H and O–H groups in total. The summed E-state index contributed by atoms with van der Waals surface area (Å²) >= 11 is 0. The highest BCUT2D eigenvalue weighted by atomic mass is 16.3. The molecule has 0 aromatic carbocycles. The molecule has 0 spiro atoms. The van der Waals surface area contributed by atoms with Crippen molar-refractivity contribution in [2.75, 3.05) is 19.3 Å². The summed E-state index contributed by atoms with van der Waals surface area (Å²) in [6, 6.07) is 1.30. The maximum Gasteiger partial charge on any atom is 0.165 e. The average Bonchev–Trinajstić information content (AvgIpc) is 2.28. The molecule has 0 radical (unpaired) electrons. The fraction of sp³-hybridized carbons (Fsp3) is 0.500. The molecule has 16 heavy (non-hydrogen) atoms. The Labute approximate surface area is 93.7 Å². The normalized spacial score (nSPS) is 14.7. The first kappa shape index (κ1) is 12.7. The van der Waals surface area contributed by atoms with Crippen LogP contribution in [0.5, 0.6) is 5.75 Å². The van der Waals surface area contributed by atoms with E-state index in [0.29, 0.717) is 18.5 Å². The van der Waals surface area contributed by atoms with E-state index >= 15 is 0 Å². The van der Waals surface area contributed by atoms with Crippen molar-refractivity contribution >= 4 is 5.82 Å². The van der Waals surface area contributed by atoms with E-state index in [1.165, 1.54) is 12.3 Å². The molecule has 1 heterocycles. The van der Waals surface area contributed by atoms with E-state index in [0.717, 1.165) is 0 Å². The number of nitrogens with two attached hydrogens (primary N) is 1. The lowest BCUT2D eigenvalue weighted by molar-refractivity contribution is 0.0137. The molecule has 2 unspecified atom stereocenters. The van der Waals surface area contributed by atoms with Gasteiger partial charge in [-0.1, -0.05) is 0 Å². The van der Waals surface area contributed by atoms with E-state index in [1.54, 1.807) is 7.05 Å². The molecule has 6 heteroatoms. The minimum absolute atomic E-state index is 0.000615. The molecular weight excluding hydrogens is 210 g/mol. The van der Waals surface area contributed by atoms with Gasteiger partial charge in [-0.2, -0.15) is 0 Å². The van der Waals surface area contributed by atoms with Gasteiger partial charge in [-0.05, 0) is 26.1 Å². The highest BCUT2D eigenvalue weighted by Gasteiger charge is 2.19. The van der Waals surface area contributed by atoms with Gasteiger partial charge in [0, 0.05) is 11.8 Å². The molecule has 90 valence electrons. The van der Waals surface area contributed by atoms with E-state index in [9.17, 15) is 15.3 Å². The fourth-order valence-electron chi connectivity index (χ4n) is 1.31. The van der Waals surface area contributed by atoms with Crippen LogP contribution < -0.4 is 11.1 Å². The Hall–Kier alpha value is -1.37. The van der Waals surface area contributed by atoms with E-state index in [1.807, 2.05) is 0 Å². The number of nitrogen functional groups attached to an aromatic ring is 1. The van der Waals surface area contributed by atoms with Gasteiger partial charge in [-0.3, -0.25) is 0 Å². The molecule has 1 aromatic heterocycles. The Bertz CT molecular complexity index is 346. The lowest BCUT2D eigenvalue weighted by atomic mass is 10.0. The van der Waals surface area contributed by atoms with Crippen LogP contribution in [0, 0.1) is 0 Å². The second kappa shape index (κ2) is 5.64. The van der Waals surface area contributed by atoms with E-state index in [-0.39, 0.29) is 11.6 Å². The lowest BCUT2D eigenvalue weighted by Crippen LogP contribution is -2.23. The summed E-state index contributed by atoms with van der Waals surface area (Å²) in [5, 5.41) is 31.6. The number of nitrogens with one attached hydrogen (secondary N) is 1. The molecule has 0 saturated carbocycles. The van der Waals surface area contributed by atoms with Crippen molar-refractivity contribution in [3.8, 4) is 5.75 Å². The number of hydrogen-bond donors (Lipinski definition) is 5. The third-order valence-electron chi connectivity index (χ3n) is 2.31. The summed E-state index contributed by atoms with van der Waals surface area (Å²) in [5.41, 5.74) is 5.67. The third-order valence-corrected chi connectivity index (χ3v) is 2.31. The van der Waals surface area contributed by atoms with Gasteiger partial charge in [0.2, 0.25) is 0 Å². The Morgan fingerprint density at radius 2 is 2.19 bits per heavy atom. The Morgan fingerprint density at radius 3 is 2.75 bits per heavy atom. The largest absolute Gasteiger partial charge is 0.504 e. The predicted octanol–water partition coefficient (Wildman–Crippen LogP) is -0.627. The lowest BCUT2D eigenvalue weighted by Gasteiger charge is -2.18. The van der Waals surface area contributed by atoms with Crippen molar-refractivity contribution in [2.24, 2.45) is 0 Å². The molecule has 6 nitrogen and oxygen atoms in total. The number of nitrogens with zero attached hydrogens (tertiary/aromatic N) is 1. The van der Waals surface area contributed by atoms with Crippen LogP contribution in [0.25, 0.3) is 0 Å². The van der Waals surface area contributed by atoms with Crippen LogP contribution in [0.1, 0.15) is 18.1 Å². The maximum absolute atomic E-state index is 9.76. The van der Waals surface area contributed by atoms with Crippen molar-refractivity contribution in [1.82, 2.24) is 10.3 Å². The van der Waals surface area contributed by atoms with E-state index < -0.39 is 12.2 Å². The number of pyridine rings is 1. The first-order chi connectivity index (χ1) is 7.56. The number of aliphatic hydroxyl groups is 2. The van der Waals surface area contributed by atoms with Crippen LogP contribution in [0.3, 0.4) is 0 Å². The molecule has 0 bridgehead atoms. The Morgan fingerprint density at radius 1 is 1.50 bits per heavy atom. The van der Waals surface area contributed by atoms with Crippen LogP contribution in [0.2, 0.25) is 0 Å². The summed E-state index contributed by atoms with van der Waals surface area (Å²) in [6.45, 7) is 0.590. The van der Waals surface area contributed by atoms with Crippen molar-refractivity contribution in [1.29, 1.82) is 0 Å². The highest BCUT2D eigenvalue weighted by molar-refractivity contribution is 5.46. The van der Waals surface area contributed by atoms with Crippen LogP contribution in [0.4, 0.5) is 5.82 Å². The molecule has 0 aliphatic heterocycles. The quantitative estimate of drug-likeness (QED) is 0.458. The van der Waals surface area contributed by atoms with Crippen molar-refractivity contribution in [3.63, 3.8) is 0 Å². The Kier molecular flexibility index (Phi) is 4.48. The zero-order valence-electron chi connectivity index (χ0n) is 9.09. The van der Waals surface area contributed by atoms with Gasteiger partial charge in [0.15, 0.2) is 11.6 Å². The molecule has 0 saturated heterocycles. The zero-order chi connectivity index (χ0) is 12.1. The van der Waals surface area contributed by atoms with Crippen molar-refractivity contribution in [3.05, 3.63) is 17.8 Å². The van der Waals surface area contributed by atoms with Crippen LogP contribution in [0.15, 0.2) is 12.3 Å². The van der Waals surface area contributed by atoms with Gasteiger partial charge < -0.3 is 26.4 Å². The number of aromatic hydroxyl groups is 1. The third kappa shape index (κ3) is 3.06. The van der Waals surface area contributed by atoms with Crippen LogP contribution in [-0.2, 0) is 0 Å². The molecule has 0 aliphatic carbocycles. The maximum atomic E-state index is 9.76. The number of rotatable bonds is 5. The molecular formula is C10H17N3O3. The predicted molar refractivity (Wildman–Crippen MR) is 59.8 cm³/mol. The molecule has 1 aromatic rings. The SMILES string of the molecule is CNCCC(O)C(O)c1cnc(N)c(O)c1. The first-order valence-electron chi connectivity index (χ1n) is 5.01. The van der Waals surface area contributed by atoms with E-state index in [4.69, 9.17) is 5.73 Å². The van der Waals surface area contributed by atoms with Gasteiger partial charge in [0.25, 0.3) is 0 Å². The monoisotopic (exact) mass is 227 g/mol. The summed E-state index contributed by atoms with van der Waals surface area (Å²) < 4.78 is 0. The number of aliphatic hydroxyl groups excluding tert-OH is 2. The summed E-state index contributed by atoms with van der Waals surface area (Å²) in [5.74, 6) is -0.196. The van der Waals surface area contributed by atoms with Gasteiger partial charge in [-0.25, -0.2) is 4.98 Å². The minimum Gasteiger partial charge on any atom is -0.504 e. The van der Waals surface area contributed by atoms with Gasteiger partial charge in [0.05, 0.1) is 6.10 Å². The van der Waals surface area contributed by atoms with Gasteiger partial charge in [0.1, 0.15) is 6.10 Å². The summed E-state index contributed by atoms with van der Waals surface area (Å²) in [4.78, 5) is 3.70. The number of aromatic nitrogens is 1. The summed E-state index contributed by atoms with van der Waals surface area (Å²) in [6.07, 6.45) is -0.241. The average molecular weight is 227 g/mol.